The van der Waals surface area contributed by atoms with Crippen LogP contribution in [0.25, 0.3) is 0 Å². The van der Waals surface area contributed by atoms with Crippen LogP contribution in [0.3, 0.4) is 0 Å². The van der Waals surface area contributed by atoms with Crippen molar-refractivity contribution < 1.29 is 4.79 Å². The second-order valence-electron chi connectivity index (χ2n) is 3.61. The van der Waals surface area contributed by atoms with Crippen molar-refractivity contribution in [3.05, 3.63) is 46.5 Å². The first-order valence-electron chi connectivity index (χ1n) is 4.64. The van der Waals surface area contributed by atoms with E-state index in [0.717, 1.165) is 11.1 Å². The number of halogens is 1. The molecule has 1 atom stereocenters. The Balaban J connectivity index is 2.35. The summed E-state index contributed by atoms with van der Waals surface area (Å²) in [4.78, 5) is 11.6. The Hall–Kier alpha value is -1.08. The first kappa shape index (κ1) is 9.47. The van der Waals surface area contributed by atoms with Gasteiger partial charge in [0, 0.05) is 5.03 Å². The van der Waals surface area contributed by atoms with Crippen LogP contribution in [0.2, 0.25) is 0 Å². The minimum atomic E-state index is -0.0521. The van der Waals surface area contributed by atoms with Crippen molar-refractivity contribution in [3.63, 3.8) is 0 Å². The van der Waals surface area contributed by atoms with Crippen LogP contribution in [0.5, 0.6) is 0 Å². The van der Waals surface area contributed by atoms with Crippen LogP contribution in [-0.2, 0) is 4.79 Å². The van der Waals surface area contributed by atoms with Gasteiger partial charge in [-0.3, -0.25) is 4.79 Å². The number of hydrogen-bond donors (Lipinski definition) is 0. The summed E-state index contributed by atoms with van der Waals surface area (Å²) < 4.78 is 0. The summed E-state index contributed by atoms with van der Waals surface area (Å²) in [6, 6.07) is 7.96. The summed E-state index contributed by atoms with van der Waals surface area (Å²) in [5.41, 5.74) is 2.26. The zero-order valence-electron chi connectivity index (χ0n) is 7.96. The third-order valence-electron chi connectivity index (χ3n) is 2.61. The highest BCUT2D eigenvalue weighted by molar-refractivity contribution is 6.32. The molecule has 1 aromatic rings. The summed E-state index contributed by atoms with van der Waals surface area (Å²) in [7, 11) is 0. The number of ketones is 1. The molecule has 14 heavy (non-hydrogen) atoms. The molecule has 0 radical (unpaired) electrons. The van der Waals surface area contributed by atoms with Gasteiger partial charge in [0.2, 0.25) is 0 Å². The first-order chi connectivity index (χ1) is 6.68. The van der Waals surface area contributed by atoms with Gasteiger partial charge in [0.1, 0.15) is 0 Å². The Morgan fingerprint density at radius 1 is 1.36 bits per heavy atom. The lowest BCUT2D eigenvalue weighted by atomic mass is 9.92. The maximum Gasteiger partial charge on any atom is 0.164 e. The average molecular weight is 207 g/mol. The third kappa shape index (κ3) is 1.60. The monoisotopic (exact) mass is 206 g/mol. The van der Waals surface area contributed by atoms with Crippen molar-refractivity contribution in [1.29, 1.82) is 0 Å². The first-order valence-corrected chi connectivity index (χ1v) is 5.01. The maximum absolute atomic E-state index is 11.6. The number of hydrogen-bond acceptors (Lipinski definition) is 1. The topological polar surface area (TPSA) is 17.1 Å². The van der Waals surface area contributed by atoms with Gasteiger partial charge in [-0.1, -0.05) is 35.9 Å². The molecule has 0 N–H and O–H groups in total. The van der Waals surface area contributed by atoms with Gasteiger partial charge in [0.05, 0.1) is 5.92 Å². The predicted octanol–water partition coefficient (Wildman–Crippen LogP) is 3.17. The van der Waals surface area contributed by atoms with Crippen molar-refractivity contribution in [3.8, 4) is 0 Å². The van der Waals surface area contributed by atoms with E-state index in [0.29, 0.717) is 11.5 Å². The highest BCUT2D eigenvalue weighted by Gasteiger charge is 2.26. The molecule has 1 aromatic carbocycles. The fourth-order valence-corrected chi connectivity index (χ4v) is 2.11. The Morgan fingerprint density at radius 3 is 2.64 bits per heavy atom. The van der Waals surface area contributed by atoms with Gasteiger partial charge >= 0.3 is 0 Å². The van der Waals surface area contributed by atoms with Crippen LogP contribution in [0.4, 0.5) is 0 Å². The molecule has 0 amide bonds. The van der Waals surface area contributed by atoms with Gasteiger partial charge in [-0.2, -0.15) is 0 Å². The molecule has 1 aliphatic rings. The van der Waals surface area contributed by atoms with Crippen LogP contribution in [0, 0.1) is 6.92 Å². The normalized spacial score (nSPS) is 21.1. The lowest BCUT2D eigenvalue weighted by Gasteiger charge is -2.11. The van der Waals surface area contributed by atoms with Crippen molar-refractivity contribution in [2.45, 2.75) is 19.3 Å². The molecule has 0 bridgehead atoms. The number of benzene rings is 1. The van der Waals surface area contributed by atoms with E-state index in [4.69, 9.17) is 11.6 Å². The lowest BCUT2D eigenvalue weighted by molar-refractivity contribution is -0.115. The molecule has 0 aromatic heterocycles. The van der Waals surface area contributed by atoms with Crippen molar-refractivity contribution >= 4 is 17.4 Å². The molecule has 0 fully saturated rings. The van der Waals surface area contributed by atoms with E-state index < -0.39 is 0 Å². The highest BCUT2D eigenvalue weighted by Crippen LogP contribution is 2.34. The molecule has 0 saturated carbocycles. The number of aryl methyl sites for hydroxylation is 1. The number of carbonyl (C=O) groups is 1. The van der Waals surface area contributed by atoms with Gasteiger partial charge in [0.25, 0.3) is 0 Å². The van der Waals surface area contributed by atoms with E-state index in [2.05, 4.69) is 0 Å². The summed E-state index contributed by atoms with van der Waals surface area (Å²) in [6.45, 7) is 2.02. The molecule has 72 valence electrons. The van der Waals surface area contributed by atoms with E-state index in [-0.39, 0.29) is 11.7 Å². The molecule has 0 spiro atoms. The van der Waals surface area contributed by atoms with E-state index in [1.807, 2.05) is 31.2 Å². The molecule has 1 unspecified atom stereocenters. The van der Waals surface area contributed by atoms with Crippen LogP contribution >= 0.6 is 11.6 Å². The highest BCUT2D eigenvalue weighted by atomic mass is 35.5. The number of carbonyl (C=O) groups excluding carboxylic acids is 1. The SMILES string of the molecule is Cc1ccccc1C1CC(Cl)=CC1=O. The second kappa shape index (κ2) is 3.58. The maximum atomic E-state index is 11.6. The largest absolute Gasteiger partial charge is 0.294 e. The molecule has 2 heteroatoms. The van der Waals surface area contributed by atoms with Crippen LogP contribution in [-0.4, -0.2) is 5.78 Å². The van der Waals surface area contributed by atoms with Crippen LogP contribution in [0.1, 0.15) is 23.5 Å². The predicted molar refractivity (Wildman–Crippen MR) is 57.5 cm³/mol. The fourth-order valence-electron chi connectivity index (χ4n) is 1.85. The van der Waals surface area contributed by atoms with E-state index in [1.54, 1.807) is 6.08 Å². The summed E-state index contributed by atoms with van der Waals surface area (Å²) in [5, 5.41) is 0.670. The van der Waals surface area contributed by atoms with Gasteiger partial charge in [-0.05, 0) is 30.5 Å². The fraction of sp³-hybridized carbons (Fsp3) is 0.250. The van der Waals surface area contributed by atoms with E-state index in [9.17, 15) is 4.79 Å². The van der Waals surface area contributed by atoms with Crippen LogP contribution < -0.4 is 0 Å². The molecule has 0 heterocycles. The smallest absolute Gasteiger partial charge is 0.164 e. The molecular formula is C12H11ClO. The Kier molecular flexibility index (Phi) is 2.42. The summed E-state index contributed by atoms with van der Waals surface area (Å²) in [6.07, 6.45) is 2.20. The Bertz CT molecular complexity index is 407. The zero-order valence-corrected chi connectivity index (χ0v) is 8.71. The summed E-state index contributed by atoms with van der Waals surface area (Å²) in [5.74, 6) is 0.0769. The van der Waals surface area contributed by atoms with Crippen molar-refractivity contribution in [2.24, 2.45) is 0 Å². The Morgan fingerprint density at radius 2 is 2.07 bits per heavy atom. The molecule has 2 rings (SSSR count). The quantitative estimate of drug-likeness (QED) is 0.690. The Labute approximate surface area is 88.4 Å². The number of allylic oxidation sites excluding steroid dienone is 2. The molecular weight excluding hydrogens is 196 g/mol. The van der Waals surface area contributed by atoms with E-state index in [1.165, 1.54) is 0 Å². The molecule has 0 saturated heterocycles. The molecule has 1 aliphatic carbocycles. The molecule has 0 aliphatic heterocycles. The van der Waals surface area contributed by atoms with Crippen molar-refractivity contribution in [1.82, 2.24) is 0 Å². The summed E-state index contributed by atoms with van der Waals surface area (Å²) >= 11 is 5.84. The second-order valence-corrected chi connectivity index (χ2v) is 4.09. The zero-order chi connectivity index (χ0) is 10.1. The van der Waals surface area contributed by atoms with E-state index >= 15 is 0 Å². The molecule has 1 nitrogen and oxygen atoms in total. The standard InChI is InChI=1S/C12H11ClO/c1-8-4-2-3-5-10(8)11-6-9(13)7-12(11)14/h2-5,7,11H,6H2,1H3. The van der Waals surface area contributed by atoms with Gasteiger partial charge in [-0.25, -0.2) is 0 Å². The van der Waals surface area contributed by atoms with Crippen molar-refractivity contribution in [2.75, 3.05) is 0 Å². The van der Waals surface area contributed by atoms with Gasteiger partial charge < -0.3 is 0 Å². The number of rotatable bonds is 1. The average Bonchev–Trinajstić information content (AvgIpc) is 2.46. The van der Waals surface area contributed by atoms with Gasteiger partial charge in [0.15, 0.2) is 5.78 Å². The minimum Gasteiger partial charge on any atom is -0.294 e. The lowest BCUT2D eigenvalue weighted by Crippen LogP contribution is -2.06. The van der Waals surface area contributed by atoms with Gasteiger partial charge in [-0.15, -0.1) is 0 Å². The van der Waals surface area contributed by atoms with Crippen LogP contribution in [0.15, 0.2) is 35.4 Å². The minimum absolute atomic E-state index is 0.0521. The third-order valence-corrected chi connectivity index (χ3v) is 2.87.